The lowest BCUT2D eigenvalue weighted by atomic mass is 10.1. The molecule has 0 spiro atoms. The number of ether oxygens (including phenoxy) is 1. The third-order valence-electron chi connectivity index (χ3n) is 3.30. The minimum Gasteiger partial charge on any atom is -0.462 e. The van der Waals surface area contributed by atoms with Crippen LogP contribution in [0.3, 0.4) is 0 Å². The number of fused-ring (bicyclic) bond motifs is 1. The number of esters is 1. The van der Waals surface area contributed by atoms with E-state index in [4.69, 9.17) is 20.8 Å². The van der Waals surface area contributed by atoms with Crippen molar-refractivity contribution in [2.75, 3.05) is 6.61 Å². The molecule has 1 aromatic heterocycles. The van der Waals surface area contributed by atoms with Crippen molar-refractivity contribution >= 4 is 39.9 Å². The van der Waals surface area contributed by atoms with Crippen molar-refractivity contribution < 1.29 is 13.9 Å². The minimum atomic E-state index is -0.737. The Morgan fingerprint density at radius 3 is 2.60 bits per heavy atom. The summed E-state index contributed by atoms with van der Waals surface area (Å²) in [7, 11) is 0. The van der Waals surface area contributed by atoms with Crippen LogP contribution < -0.4 is 5.63 Å². The number of rotatable bonds is 4. The highest BCUT2D eigenvalue weighted by Gasteiger charge is 2.14. The molecule has 0 bridgehead atoms. The Bertz CT molecular complexity index is 1030. The number of nitrogens with zero attached hydrogens (tertiary/aromatic N) is 2. The summed E-state index contributed by atoms with van der Waals surface area (Å²) in [5.74, 6) is -0.718. The zero-order valence-electron chi connectivity index (χ0n) is 13.2. The molecule has 0 unspecified atom stereocenters. The Morgan fingerprint density at radius 1 is 1.12 bits per heavy atom. The molecule has 0 saturated heterocycles. The first-order chi connectivity index (χ1) is 12.1. The number of carbonyl (C=O) groups excluding carboxylic acids is 1. The second-order valence-electron chi connectivity index (χ2n) is 5.07. The largest absolute Gasteiger partial charge is 0.462 e. The van der Waals surface area contributed by atoms with Crippen molar-refractivity contribution in [3.05, 3.63) is 69.5 Å². The van der Waals surface area contributed by atoms with Crippen LogP contribution in [0.4, 0.5) is 11.4 Å². The van der Waals surface area contributed by atoms with Gasteiger partial charge in [-0.3, -0.25) is 0 Å². The minimum absolute atomic E-state index is 0.154. The number of halogens is 1. The molecule has 3 aromatic rings. The summed E-state index contributed by atoms with van der Waals surface area (Å²) in [6.45, 7) is 1.83. The van der Waals surface area contributed by atoms with Crippen LogP contribution in [0.1, 0.15) is 17.3 Å². The van der Waals surface area contributed by atoms with Crippen LogP contribution in [-0.2, 0) is 4.74 Å². The van der Waals surface area contributed by atoms with Crippen molar-refractivity contribution in [1.29, 1.82) is 0 Å². The van der Waals surface area contributed by atoms with Crippen LogP contribution in [0.15, 0.2) is 68.0 Å². The van der Waals surface area contributed by atoms with Gasteiger partial charge in [0.05, 0.1) is 18.0 Å². The highest BCUT2D eigenvalue weighted by molar-refractivity contribution is 6.30. The molecule has 0 atom stereocenters. The van der Waals surface area contributed by atoms with Gasteiger partial charge in [0.15, 0.2) is 0 Å². The third kappa shape index (κ3) is 3.92. The van der Waals surface area contributed by atoms with Crippen molar-refractivity contribution in [3.63, 3.8) is 0 Å². The maximum absolute atomic E-state index is 11.9. The number of hydrogen-bond acceptors (Lipinski definition) is 6. The Labute approximate surface area is 147 Å². The maximum Gasteiger partial charge on any atom is 0.351 e. The van der Waals surface area contributed by atoms with E-state index in [1.165, 1.54) is 6.07 Å². The van der Waals surface area contributed by atoms with Gasteiger partial charge in [0.1, 0.15) is 11.1 Å². The van der Waals surface area contributed by atoms with Gasteiger partial charge >= 0.3 is 11.6 Å². The van der Waals surface area contributed by atoms with Crippen LogP contribution in [0, 0.1) is 0 Å². The molecular weight excluding hydrogens is 344 g/mol. The Kier molecular flexibility index (Phi) is 4.90. The van der Waals surface area contributed by atoms with Crippen LogP contribution in [0.5, 0.6) is 0 Å². The molecular formula is C18H13ClN2O4. The molecule has 0 aliphatic heterocycles. The van der Waals surface area contributed by atoms with E-state index < -0.39 is 11.6 Å². The molecule has 25 heavy (non-hydrogen) atoms. The van der Waals surface area contributed by atoms with E-state index >= 15 is 0 Å². The molecule has 2 aromatic carbocycles. The van der Waals surface area contributed by atoms with E-state index in [2.05, 4.69) is 10.2 Å². The standard InChI is InChI=1S/C18H13ClN2O4/c1-2-24-17(22)15-9-11-8-14(6-7-16(11)25-18(15)23)21-20-13-5-3-4-12(19)10-13/h3-10H,2H2,1H3. The first kappa shape index (κ1) is 16.9. The van der Waals surface area contributed by atoms with Crippen LogP contribution in [0.2, 0.25) is 5.02 Å². The first-order valence-electron chi connectivity index (χ1n) is 7.49. The molecule has 0 saturated carbocycles. The molecule has 0 aliphatic carbocycles. The van der Waals surface area contributed by atoms with E-state index in [1.807, 2.05) is 0 Å². The average Bonchev–Trinajstić information content (AvgIpc) is 2.59. The summed E-state index contributed by atoms with van der Waals surface area (Å²) < 4.78 is 10.00. The Morgan fingerprint density at radius 2 is 1.88 bits per heavy atom. The van der Waals surface area contributed by atoms with E-state index in [1.54, 1.807) is 49.4 Å². The normalized spacial score (nSPS) is 11.1. The molecule has 7 heteroatoms. The lowest BCUT2D eigenvalue weighted by Crippen LogP contribution is -2.16. The third-order valence-corrected chi connectivity index (χ3v) is 3.54. The fourth-order valence-electron chi connectivity index (χ4n) is 2.18. The smallest absolute Gasteiger partial charge is 0.351 e. The zero-order chi connectivity index (χ0) is 17.8. The summed E-state index contributed by atoms with van der Waals surface area (Å²) in [6, 6.07) is 13.3. The second kappa shape index (κ2) is 7.27. The first-order valence-corrected chi connectivity index (χ1v) is 7.87. The molecule has 6 nitrogen and oxygen atoms in total. The Hall–Kier alpha value is -2.99. The maximum atomic E-state index is 11.9. The monoisotopic (exact) mass is 356 g/mol. The molecule has 0 fully saturated rings. The second-order valence-corrected chi connectivity index (χ2v) is 5.51. The van der Waals surface area contributed by atoms with Crippen molar-refractivity contribution in [1.82, 2.24) is 0 Å². The lowest BCUT2D eigenvalue weighted by molar-refractivity contribution is 0.0522. The molecule has 0 aliphatic rings. The SMILES string of the molecule is CCOC(=O)c1cc2cc(N=Nc3cccc(Cl)c3)ccc2oc1=O. The van der Waals surface area contributed by atoms with Crippen LogP contribution >= 0.6 is 11.6 Å². The van der Waals surface area contributed by atoms with E-state index in [0.29, 0.717) is 27.4 Å². The summed E-state index contributed by atoms with van der Waals surface area (Å²) >= 11 is 5.90. The summed E-state index contributed by atoms with van der Waals surface area (Å²) in [6.07, 6.45) is 0. The van der Waals surface area contributed by atoms with Gasteiger partial charge in [0.25, 0.3) is 0 Å². The Balaban J connectivity index is 1.97. The number of carbonyl (C=O) groups is 1. The highest BCUT2D eigenvalue weighted by atomic mass is 35.5. The van der Waals surface area contributed by atoms with Gasteiger partial charge in [0, 0.05) is 10.4 Å². The van der Waals surface area contributed by atoms with Crippen LogP contribution in [-0.4, -0.2) is 12.6 Å². The molecule has 0 radical (unpaired) electrons. The molecule has 0 amide bonds. The topological polar surface area (TPSA) is 81.2 Å². The average molecular weight is 357 g/mol. The summed E-state index contributed by atoms with van der Waals surface area (Å²) in [4.78, 5) is 23.7. The molecule has 126 valence electrons. The van der Waals surface area contributed by atoms with E-state index in [9.17, 15) is 9.59 Å². The van der Waals surface area contributed by atoms with Crippen LogP contribution in [0.25, 0.3) is 11.0 Å². The number of azo groups is 1. The summed E-state index contributed by atoms with van der Waals surface area (Å²) in [5.41, 5.74) is 0.604. The predicted octanol–water partition coefficient (Wildman–Crippen LogP) is 5.04. The zero-order valence-corrected chi connectivity index (χ0v) is 14.0. The van der Waals surface area contributed by atoms with Gasteiger partial charge in [-0.05, 0) is 49.4 Å². The molecule has 1 heterocycles. The van der Waals surface area contributed by atoms with Crippen molar-refractivity contribution in [2.24, 2.45) is 10.2 Å². The molecule has 0 N–H and O–H groups in total. The van der Waals surface area contributed by atoms with E-state index in [0.717, 1.165) is 0 Å². The van der Waals surface area contributed by atoms with Gasteiger partial charge in [-0.1, -0.05) is 17.7 Å². The van der Waals surface area contributed by atoms with Gasteiger partial charge in [-0.2, -0.15) is 10.2 Å². The number of hydrogen-bond donors (Lipinski definition) is 0. The fraction of sp³-hybridized carbons (Fsp3) is 0.111. The number of benzene rings is 2. The van der Waals surface area contributed by atoms with Gasteiger partial charge in [-0.25, -0.2) is 9.59 Å². The van der Waals surface area contributed by atoms with Crippen molar-refractivity contribution in [2.45, 2.75) is 6.92 Å². The lowest BCUT2D eigenvalue weighted by Gasteiger charge is -2.02. The van der Waals surface area contributed by atoms with Gasteiger partial charge in [0.2, 0.25) is 0 Å². The van der Waals surface area contributed by atoms with E-state index in [-0.39, 0.29) is 12.2 Å². The molecule has 3 rings (SSSR count). The van der Waals surface area contributed by atoms with Gasteiger partial charge in [-0.15, -0.1) is 0 Å². The highest BCUT2D eigenvalue weighted by Crippen LogP contribution is 2.24. The van der Waals surface area contributed by atoms with Gasteiger partial charge < -0.3 is 9.15 Å². The predicted molar refractivity (Wildman–Crippen MR) is 94.1 cm³/mol. The van der Waals surface area contributed by atoms with Crippen molar-refractivity contribution in [3.8, 4) is 0 Å². The fourth-order valence-corrected chi connectivity index (χ4v) is 2.36. The quantitative estimate of drug-likeness (QED) is 0.372. The summed E-state index contributed by atoms with van der Waals surface area (Å²) in [5, 5.41) is 9.35.